The van der Waals surface area contributed by atoms with Crippen LogP contribution in [0.3, 0.4) is 0 Å². The van der Waals surface area contributed by atoms with Crippen molar-refractivity contribution in [1.82, 2.24) is 0 Å². The molecule has 0 saturated heterocycles. The van der Waals surface area contributed by atoms with Gasteiger partial charge in [-0.3, -0.25) is 4.79 Å². The average Bonchev–Trinajstić information content (AvgIpc) is 2.36. The summed E-state index contributed by atoms with van der Waals surface area (Å²) >= 11 is 0. The molecule has 0 aromatic heterocycles. The van der Waals surface area contributed by atoms with Crippen LogP contribution in [-0.2, 0) is 13.9 Å². The summed E-state index contributed by atoms with van der Waals surface area (Å²) < 4.78 is 16.6. The fourth-order valence-corrected chi connectivity index (χ4v) is 2.47. The SMILES string of the molecule is CCCCC(CCCC)=C(C=O)OP(=O)(O)CCO. The van der Waals surface area contributed by atoms with E-state index in [1.165, 1.54) is 0 Å². The summed E-state index contributed by atoms with van der Waals surface area (Å²) in [5.41, 5.74) is 0.797. The average molecular weight is 292 g/mol. The van der Waals surface area contributed by atoms with E-state index in [0.717, 1.165) is 31.3 Å². The van der Waals surface area contributed by atoms with Crippen LogP contribution in [0, 0.1) is 0 Å². The van der Waals surface area contributed by atoms with E-state index >= 15 is 0 Å². The zero-order valence-electron chi connectivity index (χ0n) is 11.8. The highest BCUT2D eigenvalue weighted by molar-refractivity contribution is 7.53. The molecule has 2 N–H and O–H groups in total. The van der Waals surface area contributed by atoms with Crippen LogP contribution in [0.25, 0.3) is 0 Å². The van der Waals surface area contributed by atoms with E-state index in [-0.39, 0.29) is 11.9 Å². The Kier molecular flexibility index (Phi) is 9.84. The molecule has 0 aromatic carbocycles. The molecular weight excluding hydrogens is 267 g/mol. The number of unbranched alkanes of at least 4 members (excludes halogenated alkanes) is 2. The molecule has 0 spiro atoms. The lowest BCUT2D eigenvalue weighted by Gasteiger charge is -2.16. The lowest BCUT2D eigenvalue weighted by Crippen LogP contribution is -2.03. The monoisotopic (exact) mass is 292 g/mol. The van der Waals surface area contributed by atoms with Crippen molar-refractivity contribution in [2.75, 3.05) is 12.8 Å². The van der Waals surface area contributed by atoms with Gasteiger partial charge in [0.25, 0.3) is 0 Å². The smallest absolute Gasteiger partial charge is 0.379 e. The lowest BCUT2D eigenvalue weighted by atomic mass is 10.0. The van der Waals surface area contributed by atoms with E-state index in [1.807, 2.05) is 13.8 Å². The highest BCUT2D eigenvalue weighted by Gasteiger charge is 2.22. The Morgan fingerprint density at radius 3 is 2.11 bits per heavy atom. The van der Waals surface area contributed by atoms with Gasteiger partial charge in [-0.05, 0) is 31.3 Å². The second kappa shape index (κ2) is 10.2. The predicted molar refractivity (Wildman–Crippen MR) is 75.0 cm³/mol. The Hall–Kier alpha value is -0.640. The minimum absolute atomic E-state index is 0.0267. The summed E-state index contributed by atoms with van der Waals surface area (Å²) in [4.78, 5) is 20.6. The molecule has 0 aliphatic rings. The van der Waals surface area contributed by atoms with Crippen molar-refractivity contribution in [3.05, 3.63) is 11.3 Å². The van der Waals surface area contributed by atoms with Crippen LogP contribution in [0.2, 0.25) is 0 Å². The number of carbonyl (C=O) groups excluding carboxylic acids is 1. The van der Waals surface area contributed by atoms with Gasteiger partial charge in [-0.25, -0.2) is 4.57 Å². The minimum atomic E-state index is -3.92. The zero-order valence-corrected chi connectivity index (χ0v) is 12.7. The van der Waals surface area contributed by atoms with Gasteiger partial charge in [-0.1, -0.05) is 26.7 Å². The molecule has 112 valence electrons. The van der Waals surface area contributed by atoms with Crippen molar-refractivity contribution in [3.63, 3.8) is 0 Å². The van der Waals surface area contributed by atoms with Gasteiger partial charge in [-0.2, -0.15) is 0 Å². The fraction of sp³-hybridized carbons (Fsp3) is 0.769. The Morgan fingerprint density at radius 1 is 1.21 bits per heavy atom. The number of aliphatic hydroxyl groups is 1. The number of hydrogen-bond donors (Lipinski definition) is 2. The molecule has 19 heavy (non-hydrogen) atoms. The highest BCUT2D eigenvalue weighted by atomic mass is 31.2. The number of aldehydes is 1. The van der Waals surface area contributed by atoms with Crippen molar-refractivity contribution in [2.24, 2.45) is 0 Å². The summed E-state index contributed by atoms with van der Waals surface area (Å²) in [6, 6.07) is 0. The van der Waals surface area contributed by atoms with E-state index < -0.39 is 14.2 Å². The lowest BCUT2D eigenvalue weighted by molar-refractivity contribution is -0.106. The van der Waals surface area contributed by atoms with Crippen LogP contribution in [0.5, 0.6) is 0 Å². The maximum Gasteiger partial charge on any atom is 0.379 e. The first-order valence-electron chi connectivity index (χ1n) is 6.80. The van der Waals surface area contributed by atoms with Crippen molar-refractivity contribution in [1.29, 1.82) is 0 Å². The van der Waals surface area contributed by atoms with Crippen molar-refractivity contribution in [2.45, 2.75) is 52.4 Å². The molecular formula is C13H25O5P. The van der Waals surface area contributed by atoms with Crippen LogP contribution in [0.15, 0.2) is 11.3 Å². The molecule has 0 rings (SSSR count). The maximum absolute atomic E-state index is 11.6. The molecule has 5 nitrogen and oxygen atoms in total. The van der Waals surface area contributed by atoms with Gasteiger partial charge in [0, 0.05) is 0 Å². The number of carbonyl (C=O) groups is 1. The minimum Gasteiger partial charge on any atom is -0.421 e. The van der Waals surface area contributed by atoms with Crippen molar-refractivity contribution < 1.29 is 23.9 Å². The van der Waals surface area contributed by atoms with Gasteiger partial charge in [-0.15, -0.1) is 0 Å². The third-order valence-electron chi connectivity index (χ3n) is 2.74. The Balaban J connectivity index is 4.96. The Bertz CT molecular complexity index is 328. The van der Waals surface area contributed by atoms with E-state index in [4.69, 9.17) is 9.63 Å². The summed E-state index contributed by atoms with van der Waals surface area (Å²) in [6.07, 6.45) is 5.32. The van der Waals surface area contributed by atoms with Crippen LogP contribution >= 0.6 is 7.60 Å². The predicted octanol–water partition coefficient (Wildman–Crippen LogP) is 3.01. The molecule has 0 fully saturated rings. The van der Waals surface area contributed by atoms with E-state index in [9.17, 15) is 14.3 Å². The summed E-state index contributed by atoms with van der Waals surface area (Å²) in [5.74, 6) is -0.0267. The molecule has 6 heteroatoms. The summed E-state index contributed by atoms with van der Waals surface area (Å²) in [5, 5.41) is 8.69. The first-order chi connectivity index (χ1) is 9.00. The second-order valence-corrected chi connectivity index (χ2v) is 6.37. The molecule has 0 aliphatic carbocycles. The van der Waals surface area contributed by atoms with Crippen molar-refractivity contribution in [3.8, 4) is 0 Å². The van der Waals surface area contributed by atoms with E-state index in [2.05, 4.69) is 0 Å². The number of aliphatic hydroxyl groups excluding tert-OH is 1. The number of hydrogen-bond acceptors (Lipinski definition) is 4. The van der Waals surface area contributed by atoms with Crippen molar-refractivity contribution >= 4 is 13.9 Å². The number of allylic oxidation sites excluding steroid dienone is 2. The van der Waals surface area contributed by atoms with Gasteiger partial charge in [0.2, 0.25) is 0 Å². The van der Waals surface area contributed by atoms with Crippen LogP contribution in [0.1, 0.15) is 52.4 Å². The Labute approximate surface area is 115 Å². The highest BCUT2D eigenvalue weighted by Crippen LogP contribution is 2.44. The van der Waals surface area contributed by atoms with E-state index in [1.54, 1.807) is 0 Å². The molecule has 1 atom stereocenters. The topological polar surface area (TPSA) is 83.8 Å². The third kappa shape index (κ3) is 8.19. The third-order valence-corrected chi connectivity index (χ3v) is 3.99. The van der Waals surface area contributed by atoms with Gasteiger partial charge >= 0.3 is 7.60 Å². The molecule has 0 saturated carbocycles. The van der Waals surface area contributed by atoms with Gasteiger partial charge in [0.05, 0.1) is 12.8 Å². The largest absolute Gasteiger partial charge is 0.421 e. The standard InChI is InChI=1S/C13H25O5P/c1-3-5-7-12(8-6-4-2)13(11-15)18-19(16,17)10-9-14/h11,14H,3-10H2,1-2H3,(H,16,17). The quantitative estimate of drug-likeness (QED) is 0.265. The first-order valence-corrected chi connectivity index (χ1v) is 8.56. The van der Waals surface area contributed by atoms with Crippen LogP contribution < -0.4 is 0 Å². The van der Waals surface area contributed by atoms with Gasteiger partial charge in [0.15, 0.2) is 12.0 Å². The molecule has 0 bridgehead atoms. The van der Waals surface area contributed by atoms with Gasteiger partial charge in [0.1, 0.15) is 0 Å². The molecule has 0 amide bonds. The van der Waals surface area contributed by atoms with E-state index in [0.29, 0.717) is 19.1 Å². The maximum atomic E-state index is 11.6. The molecule has 0 aliphatic heterocycles. The molecule has 0 aromatic rings. The summed E-state index contributed by atoms with van der Waals surface area (Å²) in [6.45, 7) is 3.64. The molecule has 0 radical (unpaired) electrons. The summed E-state index contributed by atoms with van der Waals surface area (Å²) in [7, 11) is -3.92. The normalized spacial score (nSPS) is 13.7. The Morgan fingerprint density at radius 2 is 1.74 bits per heavy atom. The first kappa shape index (κ1) is 18.4. The van der Waals surface area contributed by atoms with Crippen LogP contribution in [-0.4, -0.2) is 29.1 Å². The zero-order chi connectivity index (χ0) is 14.7. The van der Waals surface area contributed by atoms with Crippen LogP contribution in [0.4, 0.5) is 0 Å². The van der Waals surface area contributed by atoms with Gasteiger partial charge < -0.3 is 14.5 Å². The fourth-order valence-electron chi connectivity index (χ4n) is 1.65. The second-order valence-electron chi connectivity index (χ2n) is 4.47. The number of rotatable bonds is 11. The molecule has 0 heterocycles. The molecule has 1 unspecified atom stereocenters.